The molecule has 0 unspecified atom stereocenters. The number of nitrogen functional groups attached to an aromatic ring is 1. The van der Waals surface area contributed by atoms with Gasteiger partial charge in [-0.3, -0.25) is 0 Å². The average molecular weight is 301 g/mol. The lowest BCUT2D eigenvalue weighted by Gasteiger charge is -2.11. The summed E-state index contributed by atoms with van der Waals surface area (Å²) in [5, 5.41) is 0. The first-order valence-corrected chi connectivity index (χ1v) is 7.90. The highest BCUT2D eigenvalue weighted by Crippen LogP contribution is 2.34. The zero-order valence-corrected chi connectivity index (χ0v) is 12.8. The molecular weight excluding hydrogens is 275 g/mol. The van der Waals surface area contributed by atoms with E-state index in [1.807, 2.05) is 0 Å². The number of aryl methyl sites for hydroxylation is 1. The Labute approximate surface area is 125 Å². The van der Waals surface area contributed by atoms with Gasteiger partial charge in [-0.2, -0.15) is 13.2 Å². The summed E-state index contributed by atoms with van der Waals surface area (Å²) in [4.78, 5) is 0. The number of nitrogens with two attached hydrogens (primary N) is 1. The Balaban J connectivity index is 2.30. The van der Waals surface area contributed by atoms with Gasteiger partial charge in [-0.1, -0.05) is 57.9 Å². The summed E-state index contributed by atoms with van der Waals surface area (Å²) in [5.74, 6) is 0. The van der Waals surface area contributed by atoms with Crippen molar-refractivity contribution in [3.8, 4) is 0 Å². The number of anilines is 1. The van der Waals surface area contributed by atoms with Gasteiger partial charge in [0.15, 0.2) is 0 Å². The van der Waals surface area contributed by atoms with E-state index < -0.39 is 11.7 Å². The second kappa shape index (κ2) is 8.96. The van der Waals surface area contributed by atoms with Crippen LogP contribution in [0.1, 0.15) is 69.4 Å². The highest BCUT2D eigenvalue weighted by Gasteiger charge is 2.32. The molecule has 0 aliphatic carbocycles. The van der Waals surface area contributed by atoms with Crippen LogP contribution in [0.5, 0.6) is 0 Å². The third-order valence-corrected chi connectivity index (χ3v) is 3.74. The minimum atomic E-state index is -4.36. The van der Waals surface area contributed by atoms with Crippen LogP contribution in [-0.4, -0.2) is 0 Å². The molecule has 0 fully saturated rings. The van der Waals surface area contributed by atoms with E-state index in [0.717, 1.165) is 18.4 Å². The summed E-state index contributed by atoms with van der Waals surface area (Å²) in [5.41, 5.74) is 5.21. The quantitative estimate of drug-likeness (QED) is 0.441. The van der Waals surface area contributed by atoms with Crippen molar-refractivity contribution in [2.75, 3.05) is 5.73 Å². The van der Waals surface area contributed by atoms with Gasteiger partial charge >= 0.3 is 6.18 Å². The fraction of sp³-hybridized carbons (Fsp3) is 0.647. The molecule has 0 saturated heterocycles. The Morgan fingerprint density at radius 2 is 1.48 bits per heavy atom. The summed E-state index contributed by atoms with van der Waals surface area (Å²) in [6.45, 7) is 2.20. The van der Waals surface area contributed by atoms with E-state index >= 15 is 0 Å². The number of benzene rings is 1. The van der Waals surface area contributed by atoms with Gasteiger partial charge in [0, 0.05) is 5.69 Å². The molecule has 21 heavy (non-hydrogen) atoms. The third-order valence-electron chi connectivity index (χ3n) is 3.74. The lowest BCUT2D eigenvalue weighted by Crippen LogP contribution is -2.09. The normalized spacial score (nSPS) is 11.8. The van der Waals surface area contributed by atoms with E-state index in [2.05, 4.69) is 6.92 Å². The standard InChI is InChI=1S/C17H26F3N/c1-2-3-4-5-6-7-8-9-10-14-11-12-16(21)15(13-14)17(18,19)20/h11-13H,2-10,21H2,1H3. The topological polar surface area (TPSA) is 26.0 Å². The Bertz CT molecular complexity index is 413. The van der Waals surface area contributed by atoms with E-state index in [0.29, 0.717) is 6.42 Å². The van der Waals surface area contributed by atoms with Crippen LogP contribution in [0.4, 0.5) is 18.9 Å². The molecule has 0 heterocycles. The van der Waals surface area contributed by atoms with E-state index in [-0.39, 0.29) is 5.69 Å². The molecule has 0 spiro atoms. The molecule has 0 aliphatic heterocycles. The molecule has 0 atom stereocenters. The molecule has 1 aromatic carbocycles. The summed E-state index contributed by atoms with van der Waals surface area (Å²) in [6, 6.07) is 4.26. The molecule has 0 aliphatic rings. The van der Waals surface area contributed by atoms with Gasteiger partial charge in [0.25, 0.3) is 0 Å². The monoisotopic (exact) mass is 301 g/mol. The van der Waals surface area contributed by atoms with Gasteiger partial charge in [-0.05, 0) is 30.5 Å². The number of alkyl halides is 3. The third kappa shape index (κ3) is 6.87. The molecule has 4 heteroatoms. The van der Waals surface area contributed by atoms with E-state index in [9.17, 15) is 13.2 Å². The van der Waals surface area contributed by atoms with E-state index in [4.69, 9.17) is 5.73 Å². The molecule has 0 radical (unpaired) electrons. The number of unbranched alkanes of at least 4 members (excludes halogenated alkanes) is 7. The van der Waals surface area contributed by atoms with Crippen LogP contribution in [0, 0.1) is 0 Å². The maximum atomic E-state index is 12.7. The molecule has 0 saturated carbocycles. The molecule has 1 aromatic rings. The molecular formula is C17H26F3N. The summed E-state index contributed by atoms with van der Waals surface area (Å²) < 4.78 is 38.2. The molecule has 120 valence electrons. The summed E-state index contributed by atoms with van der Waals surface area (Å²) in [7, 11) is 0. The molecule has 0 bridgehead atoms. The molecule has 0 aromatic heterocycles. The molecule has 1 rings (SSSR count). The van der Waals surface area contributed by atoms with Crippen LogP contribution in [0.2, 0.25) is 0 Å². The van der Waals surface area contributed by atoms with Crippen molar-refractivity contribution < 1.29 is 13.2 Å². The Kier molecular flexibility index (Phi) is 7.62. The van der Waals surface area contributed by atoms with Crippen molar-refractivity contribution in [1.82, 2.24) is 0 Å². The molecule has 1 nitrogen and oxygen atoms in total. The maximum absolute atomic E-state index is 12.7. The lowest BCUT2D eigenvalue weighted by molar-refractivity contribution is -0.136. The van der Waals surface area contributed by atoms with Gasteiger partial charge < -0.3 is 5.73 Å². The summed E-state index contributed by atoms with van der Waals surface area (Å²) in [6.07, 6.45) is 5.87. The SMILES string of the molecule is CCCCCCCCCCc1ccc(N)c(C(F)(F)F)c1. The van der Waals surface area contributed by atoms with Crippen molar-refractivity contribution in [3.05, 3.63) is 29.3 Å². The van der Waals surface area contributed by atoms with Crippen LogP contribution in [-0.2, 0) is 12.6 Å². The Morgan fingerprint density at radius 3 is 2.05 bits per heavy atom. The second-order valence-electron chi connectivity index (χ2n) is 5.64. The van der Waals surface area contributed by atoms with Crippen molar-refractivity contribution in [2.24, 2.45) is 0 Å². The first-order chi connectivity index (χ1) is 9.95. The zero-order valence-electron chi connectivity index (χ0n) is 12.8. The van der Waals surface area contributed by atoms with Gasteiger partial charge in [-0.25, -0.2) is 0 Å². The van der Waals surface area contributed by atoms with Crippen molar-refractivity contribution in [3.63, 3.8) is 0 Å². The maximum Gasteiger partial charge on any atom is 0.418 e. The molecule has 0 amide bonds. The Hall–Kier alpha value is -1.19. The number of hydrogen-bond acceptors (Lipinski definition) is 1. The van der Waals surface area contributed by atoms with Gasteiger partial charge in [0.2, 0.25) is 0 Å². The first-order valence-electron chi connectivity index (χ1n) is 7.90. The fourth-order valence-corrected chi connectivity index (χ4v) is 2.47. The lowest BCUT2D eigenvalue weighted by atomic mass is 10.0. The van der Waals surface area contributed by atoms with Crippen molar-refractivity contribution in [1.29, 1.82) is 0 Å². The number of halogens is 3. The van der Waals surface area contributed by atoms with Gasteiger partial charge in [0.1, 0.15) is 0 Å². The largest absolute Gasteiger partial charge is 0.418 e. The first kappa shape index (κ1) is 17.9. The van der Waals surface area contributed by atoms with E-state index in [1.54, 1.807) is 6.07 Å². The highest BCUT2D eigenvalue weighted by atomic mass is 19.4. The van der Waals surface area contributed by atoms with Gasteiger partial charge in [-0.15, -0.1) is 0 Å². The predicted molar refractivity (Wildman–Crippen MR) is 82.2 cm³/mol. The number of hydrogen-bond donors (Lipinski definition) is 1. The van der Waals surface area contributed by atoms with Crippen molar-refractivity contribution >= 4 is 5.69 Å². The minimum absolute atomic E-state index is 0.192. The van der Waals surface area contributed by atoms with Crippen LogP contribution < -0.4 is 5.73 Å². The highest BCUT2D eigenvalue weighted by molar-refractivity contribution is 5.50. The zero-order chi connectivity index (χ0) is 15.7. The smallest absolute Gasteiger partial charge is 0.398 e. The fourth-order valence-electron chi connectivity index (χ4n) is 2.47. The number of rotatable bonds is 9. The van der Waals surface area contributed by atoms with E-state index in [1.165, 1.54) is 50.7 Å². The Morgan fingerprint density at radius 1 is 0.905 bits per heavy atom. The minimum Gasteiger partial charge on any atom is -0.398 e. The summed E-state index contributed by atoms with van der Waals surface area (Å²) >= 11 is 0. The van der Waals surface area contributed by atoms with Crippen LogP contribution >= 0.6 is 0 Å². The van der Waals surface area contributed by atoms with Crippen LogP contribution in [0.15, 0.2) is 18.2 Å². The van der Waals surface area contributed by atoms with Crippen molar-refractivity contribution in [2.45, 2.75) is 70.9 Å². The molecule has 2 N–H and O–H groups in total. The average Bonchev–Trinajstić information content (AvgIpc) is 2.42. The van der Waals surface area contributed by atoms with Crippen LogP contribution in [0.25, 0.3) is 0 Å². The van der Waals surface area contributed by atoms with Crippen LogP contribution in [0.3, 0.4) is 0 Å². The second-order valence-corrected chi connectivity index (χ2v) is 5.64. The predicted octanol–water partition coefficient (Wildman–Crippen LogP) is 5.97. The van der Waals surface area contributed by atoms with Gasteiger partial charge in [0.05, 0.1) is 5.56 Å².